The van der Waals surface area contributed by atoms with Crippen LogP contribution < -0.4 is 10.5 Å². The summed E-state index contributed by atoms with van der Waals surface area (Å²) in [6, 6.07) is 10.1. The van der Waals surface area contributed by atoms with E-state index in [0.717, 1.165) is 23.1 Å². The molecule has 0 bridgehead atoms. The number of para-hydroxylation sites is 1. The Hall–Kier alpha value is -1.61. The first-order valence-corrected chi connectivity index (χ1v) is 7.48. The minimum atomic E-state index is 0.219. The van der Waals surface area contributed by atoms with Crippen molar-refractivity contribution >= 4 is 10.9 Å². The lowest BCUT2D eigenvalue weighted by molar-refractivity contribution is 0.0754. The Balaban J connectivity index is 1.88. The second-order valence-electron chi connectivity index (χ2n) is 5.90. The van der Waals surface area contributed by atoms with Crippen LogP contribution in [0.25, 0.3) is 10.9 Å². The number of aromatic nitrogens is 1. The monoisotopic (exact) mass is 270 g/mol. The molecule has 1 aliphatic rings. The molecule has 1 aliphatic carbocycles. The van der Waals surface area contributed by atoms with Gasteiger partial charge in [-0.1, -0.05) is 31.5 Å². The van der Waals surface area contributed by atoms with E-state index in [1.165, 1.54) is 12.8 Å². The quantitative estimate of drug-likeness (QED) is 0.930. The van der Waals surface area contributed by atoms with Crippen LogP contribution in [-0.4, -0.2) is 17.6 Å². The Kier molecular flexibility index (Phi) is 3.88. The van der Waals surface area contributed by atoms with Gasteiger partial charge in [-0.3, -0.25) is 4.98 Å². The molecule has 0 aliphatic heterocycles. The van der Waals surface area contributed by atoms with E-state index in [9.17, 15) is 0 Å². The summed E-state index contributed by atoms with van der Waals surface area (Å²) in [7, 11) is 0. The molecule has 2 aromatic rings. The highest BCUT2D eigenvalue weighted by Crippen LogP contribution is 2.33. The van der Waals surface area contributed by atoms with Crippen LogP contribution in [0.15, 0.2) is 36.5 Å². The van der Waals surface area contributed by atoms with Crippen molar-refractivity contribution < 1.29 is 4.74 Å². The first-order valence-electron chi connectivity index (χ1n) is 7.48. The van der Waals surface area contributed by atoms with Crippen LogP contribution in [0.2, 0.25) is 0 Å². The van der Waals surface area contributed by atoms with Crippen LogP contribution in [0, 0.1) is 11.8 Å². The molecule has 1 heterocycles. The molecule has 3 unspecified atom stereocenters. The highest BCUT2D eigenvalue weighted by Gasteiger charge is 2.29. The maximum atomic E-state index is 6.30. The number of hydrogen-bond acceptors (Lipinski definition) is 3. The van der Waals surface area contributed by atoms with Crippen molar-refractivity contribution in [3.63, 3.8) is 0 Å². The number of nitrogens with zero attached hydrogens (tertiary/aromatic N) is 1. The van der Waals surface area contributed by atoms with E-state index in [1.807, 2.05) is 24.4 Å². The molecule has 3 heteroatoms. The maximum Gasteiger partial charge on any atom is 0.145 e. The van der Waals surface area contributed by atoms with Crippen molar-refractivity contribution in [1.82, 2.24) is 4.98 Å². The SMILES string of the molecule is CC1CCC(CN)C(Oc2cccc3cccnc23)C1. The Morgan fingerprint density at radius 3 is 2.95 bits per heavy atom. The Morgan fingerprint density at radius 1 is 1.25 bits per heavy atom. The molecule has 3 atom stereocenters. The third-order valence-corrected chi connectivity index (χ3v) is 4.37. The number of benzene rings is 1. The molecule has 1 fully saturated rings. The van der Waals surface area contributed by atoms with Crippen molar-refractivity contribution in [2.75, 3.05) is 6.54 Å². The molecular weight excluding hydrogens is 248 g/mol. The smallest absolute Gasteiger partial charge is 0.145 e. The summed E-state index contributed by atoms with van der Waals surface area (Å²) in [4.78, 5) is 4.46. The number of hydrogen-bond donors (Lipinski definition) is 1. The van der Waals surface area contributed by atoms with E-state index in [4.69, 9.17) is 10.5 Å². The van der Waals surface area contributed by atoms with Crippen LogP contribution >= 0.6 is 0 Å². The number of pyridine rings is 1. The highest BCUT2D eigenvalue weighted by molar-refractivity contribution is 5.84. The van der Waals surface area contributed by atoms with Crippen LogP contribution in [0.4, 0.5) is 0 Å². The summed E-state index contributed by atoms with van der Waals surface area (Å²) in [6.45, 7) is 3.00. The van der Waals surface area contributed by atoms with E-state index in [1.54, 1.807) is 0 Å². The third kappa shape index (κ3) is 2.63. The topological polar surface area (TPSA) is 48.1 Å². The summed E-state index contributed by atoms with van der Waals surface area (Å²) in [5, 5.41) is 1.12. The van der Waals surface area contributed by atoms with Gasteiger partial charge in [-0.25, -0.2) is 0 Å². The zero-order valence-corrected chi connectivity index (χ0v) is 12.0. The predicted octanol–water partition coefficient (Wildman–Crippen LogP) is 3.38. The van der Waals surface area contributed by atoms with E-state index in [0.29, 0.717) is 18.4 Å². The van der Waals surface area contributed by atoms with Gasteiger partial charge in [-0.15, -0.1) is 0 Å². The number of rotatable bonds is 3. The number of nitrogens with two attached hydrogens (primary N) is 1. The summed E-state index contributed by atoms with van der Waals surface area (Å²) in [5.74, 6) is 2.07. The maximum absolute atomic E-state index is 6.30. The van der Waals surface area contributed by atoms with Gasteiger partial charge < -0.3 is 10.5 Å². The van der Waals surface area contributed by atoms with E-state index in [2.05, 4.69) is 24.0 Å². The summed E-state index contributed by atoms with van der Waals surface area (Å²) in [6.07, 6.45) is 5.55. The standard InChI is InChI=1S/C17H22N2O/c1-12-7-8-14(11-18)16(10-12)20-15-6-2-4-13-5-3-9-19-17(13)15/h2-6,9,12,14,16H,7-8,10-11,18H2,1H3. The predicted molar refractivity (Wildman–Crippen MR) is 81.7 cm³/mol. The average molecular weight is 270 g/mol. The Morgan fingerprint density at radius 2 is 2.10 bits per heavy atom. The normalized spacial score (nSPS) is 26.6. The minimum Gasteiger partial charge on any atom is -0.488 e. The van der Waals surface area contributed by atoms with Crippen LogP contribution in [-0.2, 0) is 0 Å². The molecule has 0 spiro atoms. The molecule has 0 radical (unpaired) electrons. The number of ether oxygens (including phenoxy) is 1. The molecule has 0 amide bonds. The molecule has 0 saturated heterocycles. The molecule has 20 heavy (non-hydrogen) atoms. The fraction of sp³-hybridized carbons (Fsp3) is 0.471. The summed E-state index contributed by atoms with van der Waals surface area (Å²) >= 11 is 0. The molecule has 1 saturated carbocycles. The van der Waals surface area contributed by atoms with E-state index in [-0.39, 0.29) is 6.10 Å². The molecule has 3 nitrogen and oxygen atoms in total. The third-order valence-electron chi connectivity index (χ3n) is 4.37. The van der Waals surface area contributed by atoms with Gasteiger partial charge in [0.1, 0.15) is 17.4 Å². The van der Waals surface area contributed by atoms with Crippen LogP contribution in [0.5, 0.6) is 5.75 Å². The first kappa shape index (κ1) is 13.4. The molecule has 1 aromatic carbocycles. The molecule has 3 rings (SSSR count). The minimum absolute atomic E-state index is 0.219. The zero-order chi connectivity index (χ0) is 13.9. The van der Waals surface area contributed by atoms with Gasteiger partial charge in [-0.05, 0) is 37.4 Å². The van der Waals surface area contributed by atoms with Crippen molar-refractivity contribution in [1.29, 1.82) is 0 Å². The van der Waals surface area contributed by atoms with Gasteiger partial charge in [0.2, 0.25) is 0 Å². The van der Waals surface area contributed by atoms with Gasteiger partial charge in [0.25, 0.3) is 0 Å². The van der Waals surface area contributed by atoms with Gasteiger partial charge in [0, 0.05) is 17.5 Å². The largest absolute Gasteiger partial charge is 0.488 e. The van der Waals surface area contributed by atoms with E-state index >= 15 is 0 Å². The molecular formula is C17H22N2O. The average Bonchev–Trinajstić information content (AvgIpc) is 2.48. The molecule has 1 aromatic heterocycles. The summed E-state index contributed by atoms with van der Waals surface area (Å²) in [5.41, 5.74) is 6.86. The van der Waals surface area contributed by atoms with Crippen LogP contribution in [0.1, 0.15) is 26.2 Å². The van der Waals surface area contributed by atoms with Gasteiger partial charge in [0.05, 0.1) is 0 Å². The number of fused-ring (bicyclic) bond motifs is 1. The molecule has 2 N–H and O–H groups in total. The highest BCUT2D eigenvalue weighted by atomic mass is 16.5. The second kappa shape index (κ2) is 5.80. The van der Waals surface area contributed by atoms with Gasteiger partial charge in [-0.2, -0.15) is 0 Å². The van der Waals surface area contributed by atoms with Crippen molar-refractivity contribution in [3.05, 3.63) is 36.5 Å². The molecule has 106 valence electrons. The van der Waals surface area contributed by atoms with Crippen molar-refractivity contribution in [2.45, 2.75) is 32.3 Å². The van der Waals surface area contributed by atoms with Crippen molar-refractivity contribution in [2.24, 2.45) is 17.6 Å². The Bertz CT molecular complexity index is 579. The van der Waals surface area contributed by atoms with E-state index < -0.39 is 0 Å². The lowest BCUT2D eigenvalue weighted by Crippen LogP contribution is -2.37. The fourth-order valence-electron chi connectivity index (χ4n) is 3.14. The fourth-order valence-corrected chi connectivity index (χ4v) is 3.14. The van der Waals surface area contributed by atoms with Gasteiger partial charge in [0.15, 0.2) is 0 Å². The first-order chi connectivity index (χ1) is 9.78. The lowest BCUT2D eigenvalue weighted by Gasteiger charge is -2.34. The summed E-state index contributed by atoms with van der Waals surface area (Å²) < 4.78 is 6.30. The van der Waals surface area contributed by atoms with Gasteiger partial charge >= 0.3 is 0 Å². The lowest BCUT2D eigenvalue weighted by atomic mass is 9.80. The zero-order valence-electron chi connectivity index (χ0n) is 12.0. The Labute approximate surface area is 120 Å². The van der Waals surface area contributed by atoms with Crippen molar-refractivity contribution in [3.8, 4) is 5.75 Å². The van der Waals surface area contributed by atoms with Crippen LogP contribution in [0.3, 0.4) is 0 Å². The second-order valence-corrected chi connectivity index (χ2v) is 5.90.